The van der Waals surface area contributed by atoms with Crippen molar-refractivity contribution in [2.24, 2.45) is 5.92 Å². The molecule has 0 aromatic carbocycles. The number of pyridine rings is 1. The third-order valence-electron chi connectivity index (χ3n) is 3.91. The van der Waals surface area contributed by atoms with E-state index in [0.29, 0.717) is 32.0 Å². The number of rotatable bonds is 6. The van der Waals surface area contributed by atoms with E-state index in [-0.39, 0.29) is 10.8 Å². The maximum absolute atomic E-state index is 12.5. The first kappa shape index (κ1) is 16.9. The molecule has 122 valence electrons. The first-order valence-electron chi connectivity index (χ1n) is 7.71. The Balaban J connectivity index is 1.86. The van der Waals surface area contributed by atoms with Crippen LogP contribution in [0.1, 0.15) is 32.6 Å². The highest BCUT2D eigenvalue weighted by molar-refractivity contribution is 7.89. The number of piperidine rings is 1. The first-order valence-corrected chi connectivity index (χ1v) is 9.15. The van der Waals surface area contributed by atoms with Gasteiger partial charge in [-0.3, -0.25) is 9.78 Å². The Morgan fingerprint density at radius 3 is 2.73 bits per heavy atom. The molecule has 1 aromatic heterocycles. The average molecular weight is 325 g/mol. The quantitative estimate of drug-likeness (QED) is 0.857. The molecule has 1 N–H and O–H groups in total. The summed E-state index contributed by atoms with van der Waals surface area (Å²) in [7, 11) is -3.44. The molecule has 0 spiro atoms. The summed E-state index contributed by atoms with van der Waals surface area (Å²) in [5, 5.41) is 2.92. The predicted molar refractivity (Wildman–Crippen MR) is 83.6 cm³/mol. The second-order valence-corrected chi connectivity index (χ2v) is 7.53. The molecular weight excluding hydrogens is 302 g/mol. The molecule has 0 unspecified atom stereocenters. The van der Waals surface area contributed by atoms with Crippen LogP contribution in [0.2, 0.25) is 0 Å². The van der Waals surface area contributed by atoms with Crippen molar-refractivity contribution in [1.29, 1.82) is 0 Å². The second kappa shape index (κ2) is 7.69. The minimum absolute atomic E-state index is 0.0768. The fourth-order valence-electron chi connectivity index (χ4n) is 2.58. The average Bonchev–Trinajstić information content (AvgIpc) is 2.54. The molecule has 2 heterocycles. The summed E-state index contributed by atoms with van der Waals surface area (Å²) in [6, 6.07) is 3.20. The summed E-state index contributed by atoms with van der Waals surface area (Å²) in [4.78, 5) is 15.6. The molecule has 0 atom stereocenters. The van der Waals surface area contributed by atoms with E-state index in [0.717, 1.165) is 19.3 Å². The van der Waals surface area contributed by atoms with Gasteiger partial charge in [-0.1, -0.05) is 6.92 Å². The highest BCUT2D eigenvalue weighted by Crippen LogP contribution is 2.22. The standard InChI is InChI=1S/C15H23N3O3S/c1-2-4-15(19)17-11-13-6-9-18(10-7-13)22(20,21)14-5-3-8-16-12-14/h3,5,8,12-13H,2,4,6-7,9-11H2,1H3,(H,17,19). The van der Waals surface area contributed by atoms with Crippen molar-refractivity contribution < 1.29 is 13.2 Å². The fourth-order valence-corrected chi connectivity index (χ4v) is 4.01. The van der Waals surface area contributed by atoms with Crippen molar-refractivity contribution in [3.63, 3.8) is 0 Å². The molecule has 1 fully saturated rings. The largest absolute Gasteiger partial charge is 0.356 e. The van der Waals surface area contributed by atoms with E-state index in [4.69, 9.17) is 0 Å². The number of carbonyl (C=O) groups is 1. The zero-order chi connectivity index (χ0) is 16.0. The van der Waals surface area contributed by atoms with Crippen LogP contribution < -0.4 is 5.32 Å². The smallest absolute Gasteiger partial charge is 0.244 e. The van der Waals surface area contributed by atoms with Gasteiger partial charge in [0.1, 0.15) is 4.90 Å². The maximum Gasteiger partial charge on any atom is 0.244 e. The third kappa shape index (κ3) is 4.27. The van der Waals surface area contributed by atoms with Crippen LogP contribution in [0.5, 0.6) is 0 Å². The number of amides is 1. The van der Waals surface area contributed by atoms with Crippen molar-refractivity contribution >= 4 is 15.9 Å². The number of sulfonamides is 1. The van der Waals surface area contributed by atoms with E-state index < -0.39 is 10.0 Å². The Labute approximate surface area is 132 Å². The lowest BCUT2D eigenvalue weighted by Gasteiger charge is -2.31. The van der Waals surface area contributed by atoms with Crippen LogP contribution in [-0.2, 0) is 14.8 Å². The van der Waals surface area contributed by atoms with Crippen LogP contribution in [0, 0.1) is 5.92 Å². The van der Waals surface area contributed by atoms with Gasteiger partial charge in [-0.15, -0.1) is 0 Å². The number of nitrogens with one attached hydrogen (secondary N) is 1. The summed E-state index contributed by atoms with van der Waals surface area (Å²) in [5.41, 5.74) is 0. The summed E-state index contributed by atoms with van der Waals surface area (Å²) in [5.74, 6) is 0.425. The molecule has 0 radical (unpaired) electrons. The van der Waals surface area contributed by atoms with Crippen LogP contribution >= 0.6 is 0 Å². The number of carbonyl (C=O) groups excluding carboxylic acids is 1. The van der Waals surface area contributed by atoms with Crippen molar-refractivity contribution in [1.82, 2.24) is 14.6 Å². The predicted octanol–water partition coefficient (Wildman–Crippen LogP) is 1.40. The molecule has 1 amide bonds. The minimum atomic E-state index is -3.44. The Morgan fingerprint density at radius 1 is 1.41 bits per heavy atom. The topological polar surface area (TPSA) is 79.4 Å². The Hall–Kier alpha value is -1.47. The fraction of sp³-hybridized carbons (Fsp3) is 0.600. The van der Waals surface area contributed by atoms with Crippen LogP contribution in [0.3, 0.4) is 0 Å². The zero-order valence-electron chi connectivity index (χ0n) is 12.9. The Kier molecular flexibility index (Phi) is 5.90. The Bertz CT molecular complexity index is 581. The molecular formula is C15H23N3O3S. The monoisotopic (exact) mass is 325 g/mol. The van der Waals surface area contributed by atoms with Gasteiger partial charge in [0, 0.05) is 38.4 Å². The van der Waals surface area contributed by atoms with Gasteiger partial charge in [0.05, 0.1) is 0 Å². The number of aromatic nitrogens is 1. The molecule has 0 bridgehead atoms. The van der Waals surface area contributed by atoms with Gasteiger partial charge in [0.2, 0.25) is 15.9 Å². The molecule has 0 aliphatic carbocycles. The lowest BCUT2D eigenvalue weighted by Crippen LogP contribution is -2.41. The van der Waals surface area contributed by atoms with Crippen molar-refractivity contribution in [3.8, 4) is 0 Å². The summed E-state index contributed by atoms with van der Waals surface area (Å²) >= 11 is 0. The van der Waals surface area contributed by atoms with E-state index in [1.165, 1.54) is 10.5 Å². The lowest BCUT2D eigenvalue weighted by atomic mass is 9.98. The molecule has 2 rings (SSSR count). The number of hydrogen-bond donors (Lipinski definition) is 1. The molecule has 22 heavy (non-hydrogen) atoms. The van der Waals surface area contributed by atoms with Crippen LogP contribution in [0.25, 0.3) is 0 Å². The molecule has 1 aliphatic heterocycles. The highest BCUT2D eigenvalue weighted by Gasteiger charge is 2.29. The second-order valence-electron chi connectivity index (χ2n) is 5.59. The molecule has 1 aliphatic rings. The lowest BCUT2D eigenvalue weighted by molar-refractivity contribution is -0.121. The molecule has 1 saturated heterocycles. The first-order chi connectivity index (χ1) is 10.5. The Morgan fingerprint density at radius 2 is 2.14 bits per heavy atom. The summed E-state index contributed by atoms with van der Waals surface area (Å²) in [6.07, 6.45) is 5.87. The minimum Gasteiger partial charge on any atom is -0.356 e. The molecule has 0 saturated carbocycles. The van der Waals surface area contributed by atoms with Crippen LogP contribution in [0.4, 0.5) is 0 Å². The van der Waals surface area contributed by atoms with E-state index in [2.05, 4.69) is 10.3 Å². The maximum atomic E-state index is 12.5. The van der Waals surface area contributed by atoms with Crippen LogP contribution in [0.15, 0.2) is 29.4 Å². The van der Waals surface area contributed by atoms with Crippen LogP contribution in [-0.4, -0.2) is 43.2 Å². The van der Waals surface area contributed by atoms with E-state index in [1.54, 1.807) is 18.3 Å². The molecule has 6 nitrogen and oxygen atoms in total. The van der Waals surface area contributed by atoms with Gasteiger partial charge in [-0.25, -0.2) is 8.42 Å². The third-order valence-corrected chi connectivity index (χ3v) is 5.79. The van der Waals surface area contributed by atoms with Gasteiger partial charge in [0.15, 0.2) is 0 Å². The number of nitrogens with zero attached hydrogens (tertiary/aromatic N) is 2. The van der Waals surface area contributed by atoms with Gasteiger partial charge in [-0.05, 0) is 37.3 Å². The molecule has 1 aromatic rings. The van der Waals surface area contributed by atoms with E-state index in [9.17, 15) is 13.2 Å². The zero-order valence-corrected chi connectivity index (χ0v) is 13.7. The van der Waals surface area contributed by atoms with Gasteiger partial charge >= 0.3 is 0 Å². The normalized spacial score (nSPS) is 17.3. The van der Waals surface area contributed by atoms with Gasteiger partial charge in [0.25, 0.3) is 0 Å². The van der Waals surface area contributed by atoms with Gasteiger partial charge in [-0.2, -0.15) is 4.31 Å². The highest BCUT2D eigenvalue weighted by atomic mass is 32.2. The summed E-state index contributed by atoms with van der Waals surface area (Å²) in [6.45, 7) is 3.60. The molecule has 7 heteroatoms. The van der Waals surface area contributed by atoms with E-state index in [1.807, 2.05) is 6.92 Å². The summed E-state index contributed by atoms with van der Waals surface area (Å²) < 4.78 is 26.4. The van der Waals surface area contributed by atoms with Crippen molar-refractivity contribution in [2.45, 2.75) is 37.5 Å². The van der Waals surface area contributed by atoms with Crippen molar-refractivity contribution in [2.75, 3.05) is 19.6 Å². The van der Waals surface area contributed by atoms with E-state index >= 15 is 0 Å². The SMILES string of the molecule is CCCC(=O)NCC1CCN(S(=O)(=O)c2cccnc2)CC1. The number of hydrogen-bond acceptors (Lipinski definition) is 4. The van der Waals surface area contributed by atoms with Crippen molar-refractivity contribution in [3.05, 3.63) is 24.5 Å². The van der Waals surface area contributed by atoms with Gasteiger partial charge < -0.3 is 5.32 Å².